The van der Waals surface area contributed by atoms with Crippen LogP contribution in [0.2, 0.25) is 0 Å². The van der Waals surface area contributed by atoms with Crippen LogP contribution in [0.3, 0.4) is 0 Å². The number of methoxy groups -OCH3 is 1. The van der Waals surface area contributed by atoms with E-state index in [1.54, 1.807) is 31.4 Å². The Hall–Kier alpha value is -3.06. The number of amides is 2. The Labute approximate surface area is 206 Å². The van der Waals surface area contributed by atoms with Gasteiger partial charge in [-0.1, -0.05) is 24.6 Å². The molecule has 0 saturated heterocycles. The second kappa shape index (κ2) is 10.7. The normalized spacial score (nSPS) is 17.4. The first-order chi connectivity index (χ1) is 16.8. The molecule has 7 heteroatoms. The highest BCUT2D eigenvalue weighted by Gasteiger charge is 2.31. The average Bonchev–Trinajstić information content (AvgIpc) is 2.77. The second-order valence-electron chi connectivity index (χ2n) is 9.85. The van der Waals surface area contributed by atoms with Crippen molar-refractivity contribution in [1.82, 2.24) is 10.2 Å². The molecule has 0 unspecified atom stereocenters. The van der Waals surface area contributed by atoms with E-state index in [2.05, 4.69) is 5.32 Å². The van der Waals surface area contributed by atoms with E-state index >= 15 is 0 Å². The lowest BCUT2D eigenvalue weighted by Crippen LogP contribution is -2.45. The Bertz CT molecular complexity index is 1130. The molecule has 0 bridgehead atoms. The number of fused-ring (bicyclic) bond motifs is 1. The first-order valence-corrected chi connectivity index (χ1v) is 12.4. The number of benzene rings is 2. The lowest BCUT2D eigenvalue weighted by Gasteiger charge is -2.36. The molecule has 1 heterocycles. The number of halogens is 1. The number of nitrogens with one attached hydrogen (secondary N) is 2. The Morgan fingerprint density at radius 3 is 2.60 bits per heavy atom. The van der Waals surface area contributed by atoms with E-state index in [1.807, 2.05) is 24.8 Å². The van der Waals surface area contributed by atoms with Crippen LogP contribution in [-0.4, -0.2) is 54.8 Å². The lowest BCUT2D eigenvalue weighted by molar-refractivity contribution is 0.0678. The highest BCUT2D eigenvalue weighted by atomic mass is 19.1. The Balaban J connectivity index is 1.47. The Morgan fingerprint density at radius 1 is 1.20 bits per heavy atom. The van der Waals surface area contributed by atoms with Gasteiger partial charge in [0, 0.05) is 54.6 Å². The maximum atomic E-state index is 15.0. The molecule has 2 aromatic rings. The third-order valence-corrected chi connectivity index (χ3v) is 7.20. The molecule has 2 N–H and O–H groups in total. The van der Waals surface area contributed by atoms with Crippen molar-refractivity contribution in [2.24, 2.45) is 5.92 Å². The van der Waals surface area contributed by atoms with Gasteiger partial charge in [0.05, 0.1) is 6.61 Å². The number of carbonyl (C=O) groups is 2. The van der Waals surface area contributed by atoms with Gasteiger partial charge in [-0.05, 0) is 68.4 Å². The maximum absolute atomic E-state index is 15.0. The van der Waals surface area contributed by atoms with Crippen LogP contribution < -0.4 is 5.32 Å². The van der Waals surface area contributed by atoms with E-state index in [9.17, 15) is 14.0 Å². The topological polar surface area (TPSA) is 82.5 Å². The summed E-state index contributed by atoms with van der Waals surface area (Å²) in [5.74, 6) is -0.461. The first kappa shape index (κ1) is 25.0. The van der Waals surface area contributed by atoms with Gasteiger partial charge in [-0.15, -0.1) is 0 Å². The second-order valence-corrected chi connectivity index (χ2v) is 9.85. The van der Waals surface area contributed by atoms with Gasteiger partial charge in [0.2, 0.25) is 0 Å². The van der Waals surface area contributed by atoms with Crippen molar-refractivity contribution in [2.45, 2.75) is 58.0 Å². The van der Waals surface area contributed by atoms with Crippen molar-refractivity contribution in [3.8, 4) is 11.1 Å². The predicted molar refractivity (Wildman–Crippen MR) is 135 cm³/mol. The molecule has 1 aliphatic heterocycles. The number of ether oxygens (including phenoxy) is 1. The van der Waals surface area contributed by atoms with Crippen molar-refractivity contribution in [3.63, 3.8) is 0 Å². The molecule has 0 spiro atoms. The Kier molecular flexibility index (Phi) is 7.65. The molecular weight excluding hydrogens is 445 g/mol. The van der Waals surface area contributed by atoms with Gasteiger partial charge in [-0.25, -0.2) is 4.39 Å². The molecule has 1 fully saturated rings. The zero-order chi connectivity index (χ0) is 25.1. The van der Waals surface area contributed by atoms with E-state index < -0.39 is 5.82 Å². The lowest BCUT2D eigenvalue weighted by atomic mass is 9.79. The van der Waals surface area contributed by atoms with Gasteiger partial charge < -0.3 is 20.4 Å². The van der Waals surface area contributed by atoms with Crippen molar-refractivity contribution < 1.29 is 18.7 Å². The summed E-state index contributed by atoms with van der Waals surface area (Å²) in [6.45, 7) is 4.81. The zero-order valence-corrected chi connectivity index (χ0v) is 20.7. The average molecular weight is 480 g/mol. The van der Waals surface area contributed by atoms with Crippen LogP contribution in [0.15, 0.2) is 36.4 Å². The third kappa shape index (κ3) is 5.45. The Morgan fingerprint density at radius 2 is 1.94 bits per heavy atom. The zero-order valence-electron chi connectivity index (χ0n) is 20.7. The van der Waals surface area contributed by atoms with E-state index in [1.165, 1.54) is 12.5 Å². The summed E-state index contributed by atoms with van der Waals surface area (Å²) >= 11 is 0. The minimum absolute atomic E-state index is 0.00818. The van der Waals surface area contributed by atoms with E-state index in [0.29, 0.717) is 48.6 Å². The third-order valence-electron chi connectivity index (χ3n) is 7.20. The van der Waals surface area contributed by atoms with Gasteiger partial charge in [-0.2, -0.15) is 0 Å². The predicted octanol–water partition coefficient (Wildman–Crippen LogP) is 4.85. The standard InChI is InChI=1S/C28H34FN3O3/c1-17(16-35-3)31-27(33)22-8-9-23(25(29)15-22)20-7-10-24-21(14-20)11-12-32(28(24)34)18(2)13-26(30)19-5-4-6-19/h7-10,14-15,17-19,30H,4-6,11-13,16H2,1-3H3,(H,31,33)/t17-,18+/m0/s1. The maximum Gasteiger partial charge on any atom is 0.254 e. The van der Waals surface area contributed by atoms with Crippen molar-refractivity contribution in [3.05, 3.63) is 58.9 Å². The highest BCUT2D eigenvalue weighted by Crippen LogP contribution is 2.32. The molecule has 35 heavy (non-hydrogen) atoms. The van der Waals surface area contributed by atoms with Gasteiger partial charge >= 0.3 is 0 Å². The van der Waals surface area contributed by atoms with Gasteiger partial charge in [0.15, 0.2) is 0 Å². The van der Waals surface area contributed by atoms with Crippen molar-refractivity contribution in [1.29, 1.82) is 5.41 Å². The number of hydrogen-bond donors (Lipinski definition) is 2. The number of hydrogen-bond acceptors (Lipinski definition) is 4. The fourth-order valence-electron chi connectivity index (χ4n) is 4.94. The summed E-state index contributed by atoms with van der Waals surface area (Å²) in [6, 6.07) is 9.69. The molecule has 2 atom stereocenters. The number of carbonyl (C=O) groups excluding carboxylic acids is 2. The van der Waals surface area contributed by atoms with Crippen molar-refractivity contribution >= 4 is 17.5 Å². The van der Waals surface area contributed by atoms with E-state index in [4.69, 9.17) is 10.1 Å². The van der Waals surface area contributed by atoms with Crippen molar-refractivity contribution in [2.75, 3.05) is 20.3 Å². The molecule has 4 rings (SSSR count). The molecule has 6 nitrogen and oxygen atoms in total. The largest absolute Gasteiger partial charge is 0.383 e. The molecule has 2 amide bonds. The summed E-state index contributed by atoms with van der Waals surface area (Å²) in [7, 11) is 1.56. The molecule has 1 aliphatic carbocycles. The quantitative estimate of drug-likeness (QED) is 0.504. The summed E-state index contributed by atoms with van der Waals surface area (Å²) in [4.78, 5) is 27.4. The van der Waals surface area contributed by atoms with Crippen LogP contribution in [0, 0.1) is 17.1 Å². The van der Waals surface area contributed by atoms with Gasteiger partial charge in [-0.3, -0.25) is 9.59 Å². The van der Waals surface area contributed by atoms with E-state index in [-0.39, 0.29) is 29.5 Å². The first-order valence-electron chi connectivity index (χ1n) is 12.4. The summed E-state index contributed by atoms with van der Waals surface area (Å²) < 4.78 is 20.0. The highest BCUT2D eigenvalue weighted by molar-refractivity contribution is 5.98. The SMILES string of the molecule is COC[C@H](C)NC(=O)c1ccc(-c2ccc3c(c2)CCN([C@H](C)CC(=N)C2CCC2)C3=O)c(F)c1. The van der Waals surface area contributed by atoms with Gasteiger partial charge in [0.1, 0.15) is 5.82 Å². The van der Waals surface area contributed by atoms with Crippen LogP contribution >= 0.6 is 0 Å². The molecule has 0 radical (unpaired) electrons. The molecule has 1 saturated carbocycles. The van der Waals surface area contributed by atoms with Crippen LogP contribution in [0.5, 0.6) is 0 Å². The fraction of sp³-hybridized carbons (Fsp3) is 0.464. The fourth-order valence-corrected chi connectivity index (χ4v) is 4.94. The summed E-state index contributed by atoms with van der Waals surface area (Å²) in [5, 5.41) is 11.1. The minimum atomic E-state index is -0.483. The number of nitrogens with zero attached hydrogens (tertiary/aromatic N) is 1. The van der Waals surface area contributed by atoms with Crippen LogP contribution in [0.4, 0.5) is 4.39 Å². The molecular formula is C28H34FN3O3. The summed E-state index contributed by atoms with van der Waals surface area (Å²) in [5.41, 5.74) is 3.64. The minimum Gasteiger partial charge on any atom is -0.383 e. The molecule has 0 aromatic heterocycles. The smallest absolute Gasteiger partial charge is 0.254 e. The monoisotopic (exact) mass is 479 g/mol. The van der Waals surface area contributed by atoms with E-state index in [0.717, 1.165) is 24.1 Å². The van der Waals surface area contributed by atoms with Gasteiger partial charge in [0.25, 0.3) is 11.8 Å². The molecule has 186 valence electrons. The summed E-state index contributed by atoms with van der Waals surface area (Å²) in [6.07, 6.45) is 4.71. The molecule has 2 aliphatic rings. The molecule has 2 aromatic carbocycles. The number of rotatable bonds is 9. The van der Waals surface area contributed by atoms with Crippen LogP contribution in [-0.2, 0) is 11.2 Å². The van der Waals surface area contributed by atoms with Crippen LogP contribution in [0.1, 0.15) is 65.8 Å². The van der Waals surface area contributed by atoms with Crippen LogP contribution in [0.25, 0.3) is 11.1 Å².